The van der Waals surface area contributed by atoms with Crippen LogP contribution in [0.3, 0.4) is 0 Å². The number of rotatable bonds is 6. The molecule has 1 unspecified atom stereocenters. The van der Waals surface area contributed by atoms with Crippen molar-refractivity contribution in [2.24, 2.45) is 0 Å². The van der Waals surface area contributed by atoms with Crippen molar-refractivity contribution in [1.82, 2.24) is 4.72 Å². The Morgan fingerprint density at radius 2 is 1.54 bits per heavy atom. The zero-order valence-electron chi connectivity index (χ0n) is 15.5. The molecule has 0 aliphatic heterocycles. The lowest BCUT2D eigenvalue weighted by Gasteiger charge is -2.21. The van der Waals surface area contributed by atoms with Gasteiger partial charge in [0.25, 0.3) is 5.69 Å². The predicted octanol–water partition coefficient (Wildman–Crippen LogP) is 4.28. The Kier molecular flexibility index (Phi) is 5.58. The topological polar surface area (TPSA) is 89.3 Å². The summed E-state index contributed by atoms with van der Waals surface area (Å²) in [4.78, 5) is 10.5. The Morgan fingerprint density at radius 3 is 2.18 bits per heavy atom. The van der Waals surface area contributed by atoms with Crippen molar-refractivity contribution >= 4 is 15.7 Å². The van der Waals surface area contributed by atoms with Crippen LogP contribution in [0.2, 0.25) is 0 Å². The molecule has 3 aromatic carbocycles. The van der Waals surface area contributed by atoms with Gasteiger partial charge in [0, 0.05) is 11.6 Å². The number of nitro benzene ring substituents is 1. The van der Waals surface area contributed by atoms with Gasteiger partial charge in [-0.05, 0) is 36.6 Å². The van der Waals surface area contributed by atoms with Gasteiger partial charge in [0.1, 0.15) is 0 Å². The number of hydrogen-bond donors (Lipinski definition) is 1. The zero-order valence-corrected chi connectivity index (χ0v) is 16.3. The van der Waals surface area contributed by atoms with Crippen molar-refractivity contribution in [2.45, 2.75) is 24.8 Å². The minimum absolute atomic E-state index is 0.140. The van der Waals surface area contributed by atoms with Crippen molar-refractivity contribution < 1.29 is 13.3 Å². The lowest BCUT2D eigenvalue weighted by Crippen LogP contribution is -2.30. The highest BCUT2D eigenvalue weighted by Crippen LogP contribution is 2.28. The predicted molar refractivity (Wildman–Crippen MR) is 108 cm³/mol. The molecule has 0 heterocycles. The summed E-state index contributed by atoms with van der Waals surface area (Å²) in [5.41, 5.74) is 2.72. The Balaban J connectivity index is 2.07. The van der Waals surface area contributed by atoms with Gasteiger partial charge in [-0.15, -0.1) is 0 Å². The first-order valence-corrected chi connectivity index (χ1v) is 10.2. The van der Waals surface area contributed by atoms with E-state index in [9.17, 15) is 18.5 Å². The van der Waals surface area contributed by atoms with E-state index in [-0.39, 0.29) is 10.6 Å². The molecule has 1 N–H and O–H groups in total. The SMILES string of the molecule is Cc1ccccc1C(NS(=O)(=O)c1ccc(C)c([N+](=O)[O-])c1)c1ccccc1. The lowest BCUT2D eigenvalue weighted by molar-refractivity contribution is -0.385. The number of hydrogen-bond acceptors (Lipinski definition) is 4. The van der Waals surface area contributed by atoms with Crippen LogP contribution in [0, 0.1) is 24.0 Å². The summed E-state index contributed by atoms with van der Waals surface area (Å²) in [5, 5.41) is 11.2. The maximum atomic E-state index is 13.1. The molecule has 144 valence electrons. The van der Waals surface area contributed by atoms with E-state index in [0.29, 0.717) is 5.56 Å². The number of nitro groups is 1. The molecule has 0 spiro atoms. The number of sulfonamides is 1. The average molecular weight is 396 g/mol. The van der Waals surface area contributed by atoms with Gasteiger partial charge in [0.05, 0.1) is 15.9 Å². The molecular formula is C21H20N2O4S. The minimum atomic E-state index is -4.00. The van der Waals surface area contributed by atoms with Crippen LogP contribution in [-0.4, -0.2) is 13.3 Å². The van der Waals surface area contributed by atoms with Crippen molar-refractivity contribution in [3.8, 4) is 0 Å². The van der Waals surface area contributed by atoms with Crippen LogP contribution >= 0.6 is 0 Å². The molecule has 0 aliphatic rings. The van der Waals surface area contributed by atoms with E-state index < -0.39 is 21.0 Å². The van der Waals surface area contributed by atoms with Crippen molar-refractivity contribution in [3.05, 3.63) is 105 Å². The third kappa shape index (κ3) is 4.11. The summed E-state index contributed by atoms with van der Waals surface area (Å²) in [6.07, 6.45) is 0. The van der Waals surface area contributed by atoms with Crippen LogP contribution in [0.4, 0.5) is 5.69 Å². The highest BCUT2D eigenvalue weighted by molar-refractivity contribution is 7.89. The molecule has 3 rings (SSSR count). The zero-order chi connectivity index (χ0) is 20.3. The Hall–Kier alpha value is -3.03. The molecule has 1 atom stereocenters. The molecule has 0 saturated carbocycles. The molecule has 3 aromatic rings. The quantitative estimate of drug-likeness (QED) is 0.497. The Morgan fingerprint density at radius 1 is 0.893 bits per heavy atom. The molecule has 6 nitrogen and oxygen atoms in total. The number of aryl methyl sites for hydroxylation is 2. The van der Waals surface area contributed by atoms with E-state index in [2.05, 4.69) is 4.72 Å². The summed E-state index contributed by atoms with van der Waals surface area (Å²) >= 11 is 0. The second-order valence-corrected chi connectivity index (χ2v) is 8.24. The van der Waals surface area contributed by atoms with Crippen LogP contribution in [0.15, 0.2) is 77.7 Å². The largest absolute Gasteiger partial charge is 0.273 e. The molecule has 0 fully saturated rings. The highest BCUT2D eigenvalue weighted by atomic mass is 32.2. The maximum absolute atomic E-state index is 13.1. The first kappa shape index (κ1) is 19.7. The summed E-state index contributed by atoms with van der Waals surface area (Å²) in [5.74, 6) is 0. The second-order valence-electron chi connectivity index (χ2n) is 6.53. The molecule has 0 aliphatic carbocycles. The Labute approximate surface area is 164 Å². The van der Waals surface area contributed by atoms with Gasteiger partial charge in [-0.3, -0.25) is 10.1 Å². The fraction of sp³-hybridized carbons (Fsp3) is 0.143. The first-order chi connectivity index (χ1) is 13.3. The van der Waals surface area contributed by atoms with Gasteiger partial charge in [0.15, 0.2) is 0 Å². The van der Waals surface area contributed by atoms with E-state index in [0.717, 1.165) is 22.8 Å². The fourth-order valence-electron chi connectivity index (χ4n) is 3.04. The van der Waals surface area contributed by atoms with Crippen molar-refractivity contribution in [3.63, 3.8) is 0 Å². The van der Waals surface area contributed by atoms with Gasteiger partial charge >= 0.3 is 0 Å². The number of nitrogens with zero attached hydrogens (tertiary/aromatic N) is 1. The van der Waals surface area contributed by atoms with Crippen LogP contribution in [0.1, 0.15) is 28.3 Å². The summed E-state index contributed by atoms with van der Waals surface area (Å²) in [6.45, 7) is 3.48. The molecule has 0 amide bonds. The van der Waals surface area contributed by atoms with E-state index in [4.69, 9.17) is 0 Å². The van der Waals surface area contributed by atoms with Crippen molar-refractivity contribution in [1.29, 1.82) is 0 Å². The van der Waals surface area contributed by atoms with Crippen LogP contribution in [-0.2, 0) is 10.0 Å². The molecule has 0 bridgehead atoms. The van der Waals surface area contributed by atoms with Gasteiger partial charge in [-0.2, -0.15) is 4.72 Å². The molecular weight excluding hydrogens is 376 g/mol. The van der Waals surface area contributed by atoms with Gasteiger partial charge in [0.2, 0.25) is 10.0 Å². The number of nitrogens with one attached hydrogen (secondary N) is 1. The third-order valence-corrected chi connectivity index (χ3v) is 6.01. The monoisotopic (exact) mass is 396 g/mol. The lowest BCUT2D eigenvalue weighted by atomic mass is 9.96. The third-order valence-electron chi connectivity index (χ3n) is 4.59. The molecule has 7 heteroatoms. The van der Waals surface area contributed by atoms with E-state index in [1.54, 1.807) is 6.92 Å². The molecule has 0 aromatic heterocycles. The first-order valence-electron chi connectivity index (χ1n) is 8.67. The van der Waals surface area contributed by atoms with Crippen LogP contribution in [0.5, 0.6) is 0 Å². The summed E-state index contributed by atoms with van der Waals surface area (Å²) in [6, 6.07) is 20.0. The summed E-state index contributed by atoms with van der Waals surface area (Å²) in [7, 11) is -4.00. The average Bonchev–Trinajstić information content (AvgIpc) is 2.67. The molecule has 28 heavy (non-hydrogen) atoms. The van der Waals surface area contributed by atoms with E-state index >= 15 is 0 Å². The normalized spacial score (nSPS) is 12.5. The van der Waals surface area contributed by atoms with Gasteiger partial charge in [-0.1, -0.05) is 60.7 Å². The summed E-state index contributed by atoms with van der Waals surface area (Å²) < 4.78 is 28.8. The van der Waals surface area contributed by atoms with E-state index in [1.807, 2.05) is 61.5 Å². The van der Waals surface area contributed by atoms with E-state index in [1.165, 1.54) is 12.1 Å². The second kappa shape index (κ2) is 7.92. The van der Waals surface area contributed by atoms with Crippen LogP contribution in [0.25, 0.3) is 0 Å². The highest BCUT2D eigenvalue weighted by Gasteiger charge is 2.26. The Bertz CT molecular complexity index is 1110. The van der Waals surface area contributed by atoms with Gasteiger partial charge < -0.3 is 0 Å². The smallest absolute Gasteiger partial charge is 0.258 e. The minimum Gasteiger partial charge on any atom is -0.258 e. The molecule has 0 saturated heterocycles. The fourth-order valence-corrected chi connectivity index (χ4v) is 4.27. The van der Waals surface area contributed by atoms with Crippen LogP contribution < -0.4 is 4.72 Å². The maximum Gasteiger partial charge on any atom is 0.273 e. The molecule has 0 radical (unpaired) electrons. The number of benzene rings is 3. The van der Waals surface area contributed by atoms with Crippen molar-refractivity contribution in [2.75, 3.05) is 0 Å². The van der Waals surface area contributed by atoms with Gasteiger partial charge in [-0.25, -0.2) is 8.42 Å². The standard InChI is InChI=1S/C21H20N2O4S/c1-15-8-6-7-11-19(15)21(17-9-4-3-5-10-17)22-28(26,27)18-13-12-16(2)20(14-18)23(24)25/h3-14,21-22H,1-2H3.